The van der Waals surface area contributed by atoms with Gasteiger partial charge in [-0.3, -0.25) is 0 Å². The number of anilines is 1. The van der Waals surface area contributed by atoms with E-state index in [1.54, 1.807) is 6.33 Å². The highest BCUT2D eigenvalue weighted by atomic mass is 16.7. The number of hydrogen-bond acceptors (Lipinski definition) is 5. The Balaban J connectivity index is 1.26. The Morgan fingerprint density at radius 1 is 1.10 bits per heavy atom. The smallest absolute Gasteiger partial charge is 0.168 e. The van der Waals surface area contributed by atoms with Gasteiger partial charge in [-0.1, -0.05) is 24.3 Å². The molecule has 1 aromatic heterocycles. The summed E-state index contributed by atoms with van der Waals surface area (Å²) in [5.74, 6) is 0.208. The molecular weight excluding hydrogens is 364 g/mol. The van der Waals surface area contributed by atoms with Gasteiger partial charge in [0.15, 0.2) is 5.79 Å². The predicted octanol–water partition coefficient (Wildman–Crippen LogP) is 4.64. The molecule has 1 aliphatic carbocycles. The number of aromatic amines is 1. The standard InChI is InChI=1S/C23H24N4O2/c24-14-22(27-19-5-6-20-21(13-19)26-15-25-20)18-3-1-16(2-4-18)17-7-9-23(10-8-17)28-11-12-29-23/h1-6,13,15,17,22,27H,7-12H2,(H,25,26). The molecule has 2 fully saturated rings. The minimum Gasteiger partial charge on any atom is -0.366 e. The summed E-state index contributed by atoms with van der Waals surface area (Å²) in [4.78, 5) is 7.36. The molecule has 0 amide bonds. The van der Waals surface area contributed by atoms with E-state index in [-0.39, 0.29) is 5.79 Å². The van der Waals surface area contributed by atoms with E-state index in [2.05, 4.69) is 45.6 Å². The quantitative estimate of drug-likeness (QED) is 0.680. The second kappa shape index (κ2) is 7.51. The van der Waals surface area contributed by atoms with Gasteiger partial charge in [-0.05, 0) is 48.1 Å². The third-order valence-electron chi connectivity index (χ3n) is 6.16. The molecule has 0 radical (unpaired) electrons. The summed E-state index contributed by atoms with van der Waals surface area (Å²) in [6.45, 7) is 1.43. The van der Waals surface area contributed by atoms with Crippen LogP contribution in [0.25, 0.3) is 11.0 Å². The number of nitrogens with zero attached hydrogens (tertiary/aromatic N) is 2. The molecule has 1 spiro atoms. The molecule has 3 aromatic rings. The molecule has 1 saturated heterocycles. The van der Waals surface area contributed by atoms with Crippen molar-refractivity contribution < 1.29 is 9.47 Å². The molecule has 2 aliphatic rings. The molecule has 6 nitrogen and oxygen atoms in total. The molecule has 0 bridgehead atoms. The minimum absolute atomic E-state index is 0.318. The van der Waals surface area contributed by atoms with Gasteiger partial charge in [-0.15, -0.1) is 0 Å². The zero-order valence-corrected chi connectivity index (χ0v) is 16.2. The zero-order valence-electron chi connectivity index (χ0n) is 16.2. The zero-order chi connectivity index (χ0) is 19.7. The summed E-state index contributed by atoms with van der Waals surface area (Å²) in [6, 6.07) is 16.3. The van der Waals surface area contributed by atoms with E-state index in [1.807, 2.05) is 18.2 Å². The van der Waals surface area contributed by atoms with Crippen LogP contribution in [0.4, 0.5) is 5.69 Å². The number of imidazole rings is 1. The first-order chi connectivity index (χ1) is 14.2. The van der Waals surface area contributed by atoms with Gasteiger partial charge in [-0.2, -0.15) is 5.26 Å². The van der Waals surface area contributed by atoms with Gasteiger partial charge in [0.25, 0.3) is 0 Å². The third-order valence-corrected chi connectivity index (χ3v) is 6.16. The highest BCUT2D eigenvalue weighted by Crippen LogP contribution is 2.42. The van der Waals surface area contributed by atoms with Crippen LogP contribution >= 0.6 is 0 Å². The van der Waals surface area contributed by atoms with Gasteiger partial charge < -0.3 is 19.8 Å². The number of hydrogen-bond donors (Lipinski definition) is 2. The SMILES string of the molecule is N#CC(Nc1ccc2[nH]cnc2c1)c1ccc(C2CCC3(CC2)OCCO3)cc1. The van der Waals surface area contributed by atoms with Crippen LogP contribution < -0.4 is 5.32 Å². The molecule has 2 heterocycles. The lowest BCUT2D eigenvalue weighted by Gasteiger charge is -2.35. The maximum atomic E-state index is 9.69. The van der Waals surface area contributed by atoms with Crippen LogP contribution in [-0.4, -0.2) is 29.0 Å². The Hall–Kier alpha value is -2.88. The van der Waals surface area contributed by atoms with Crippen LogP contribution in [0.3, 0.4) is 0 Å². The molecule has 148 valence electrons. The summed E-state index contributed by atoms with van der Waals surface area (Å²) in [6.07, 6.45) is 5.73. The highest BCUT2D eigenvalue weighted by Gasteiger charge is 2.40. The first kappa shape index (κ1) is 18.2. The Morgan fingerprint density at radius 2 is 1.86 bits per heavy atom. The molecule has 1 saturated carbocycles. The molecular formula is C23H24N4O2. The molecule has 2 aromatic carbocycles. The van der Waals surface area contributed by atoms with Gasteiger partial charge in [-0.25, -0.2) is 4.98 Å². The van der Waals surface area contributed by atoms with Gasteiger partial charge in [0.2, 0.25) is 0 Å². The molecule has 5 rings (SSSR count). The lowest BCUT2D eigenvalue weighted by Crippen LogP contribution is -2.34. The van der Waals surface area contributed by atoms with Crippen LogP contribution in [0.15, 0.2) is 48.8 Å². The fraction of sp³-hybridized carbons (Fsp3) is 0.391. The highest BCUT2D eigenvalue weighted by molar-refractivity contribution is 5.78. The van der Waals surface area contributed by atoms with Crippen molar-refractivity contribution >= 4 is 16.7 Å². The predicted molar refractivity (Wildman–Crippen MR) is 110 cm³/mol. The Morgan fingerprint density at radius 3 is 2.59 bits per heavy atom. The summed E-state index contributed by atoms with van der Waals surface area (Å²) >= 11 is 0. The van der Waals surface area contributed by atoms with Crippen molar-refractivity contribution in [2.24, 2.45) is 0 Å². The number of benzene rings is 2. The van der Waals surface area contributed by atoms with Crippen molar-refractivity contribution in [2.75, 3.05) is 18.5 Å². The first-order valence-electron chi connectivity index (χ1n) is 10.2. The number of nitrogens with one attached hydrogen (secondary N) is 2. The molecule has 6 heteroatoms. The van der Waals surface area contributed by atoms with Gasteiger partial charge in [0.1, 0.15) is 6.04 Å². The Kier molecular flexibility index (Phi) is 4.70. The van der Waals surface area contributed by atoms with Crippen molar-refractivity contribution in [1.82, 2.24) is 9.97 Å². The van der Waals surface area contributed by atoms with Crippen LogP contribution in [0, 0.1) is 11.3 Å². The van der Waals surface area contributed by atoms with Crippen molar-refractivity contribution in [1.29, 1.82) is 5.26 Å². The lowest BCUT2D eigenvalue weighted by molar-refractivity contribution is -0.178. The fourth-order valence-electron chi connectivity index (χ4n) is 4.52. The molecule has 1 unspecified atom stereocenters. The lowest BCUT2D eigenvalue weighted by atomic mass is 9.80. The topological polar surface area (TPSA) is 83.0 Å². The van der Waals surface area contributed by atoms with E-state index in [1.165, 1.54) is 5.56 Å². The normalized spacial score (nSPS) is 20.0. The third kappa shape index (κ3) is 3.59. The van der Waals surface area contributed by atoms with Crippen LogP contribution in [-0.2, 0) is 9.47 Å². The van der Waals surface area contributed by atoms with E-state index in [4.69, 9.17) is 9.47 Å². The second-order valence-corrected chi connectivity index (χ2v) is 7.89. The summed E-state index contributed by atoms with van der Waals surface area (Å²) in [7, 11) is 0. The van der Waals surface area contributed by atoms with E-state index < -0.39 is 6.04 Å². The maximum absolute atomic E-state index is 9.69. The molecule has 1 aliphatic heterocycles. The van der Waals surface area contributed by atoms with Crippen molar-refractivity contribution in [3.63, 3.8) is 0 Å². The Labute approximate surface area is 169 Å². The van der Waals surface area contributed by atoms with Crippen molar-refractivity contribution in [3.05, 3.63) is 59.9 Å². The van der Waals surface area contributed by atoms with Crippen molar-refractivity contribution in [3.8, 4) is 6.07 Å². The molecule has 29 heavy (non-hydrogen) atoms. The first-order valence-corrected chi connectivity index (χ1v) is 10.2. The number of nitriles is 1. The number of H-pyrrole nitrogens is 1. The average Bonchev–Trinajstić information content (AvgIpc) is 3.42. The van der Waals surface area contributed by atoms with Crippen LogP contribution in [0.5, 0.6) is 0 Å². The van der Waals surface area contributed by atoms with Gasteiger partial charge in [0, 0.05) is 18.5 Å². The van der Waals surface area contributed by atoms with E-state index >= 15 is 0 Å². The van der Waals surface area contributed by atoms with E-state index in [0.29, 0.717) is 5.92 Å². The summed E-state index contributed by atoms with van der Waals surface area (Å²) in [5.41, 5.74) is 5.04. The minimum atomic E-state index is -0.407. The summed E-state index contributed by atoms with van der Waals surface area (Å²) < 4.78 is 11.7. The van der Waals surface area contributed by atoms with Gasteiger partial charge >= 0.3 is 0 Å². The average molecular weight is 388 g/mol. The number of aromatic nitrogens is 2. The largest absolute Gasteiger partial charge is 0.366 e. The van der Waals surface area contributed by atoms with E-state index in [0.717, 1.165) is 61.2 Å². The number of rotatable bonds is 4. The van der Waals surface area contributed by atoms with Gasteiger partial charge in [0.05, 0.1) is 36.6 Å². The van der Waals surface area contributed by atoms with Crippen molar-refractivity contribution in [2.45, 2.75) is 43.4 Å². The molecule has 1 atom stereocenters. The maximum Gasteiger partial charge on any atom is 0.168 e. The fourth-order valence-corrected chi connectivity index (χ4v) is 4.52. The number of fused-ring (bicyclic) bond motifs is 1. The monoisotopic (exact) mass is 388 g/mol. The van der Waals surface area contributed by atoms with Crippen LogP contribution in [0.1, 0.15) is 48.8 Å². The van der Waals surface area contributed by atoms with Crippen LogP contribution in [0.2, 0.25) is 0 Å². The second-order valence-electron chi connectivity index (χ2n) is 7.89. The Bertz CT molecular complexity index is 1020. The summed E-state index contributed by atoms with van der Waals surface area (Å²) in [5, 5.41) is 13.0. The van der Waals surface area contributed by atoms with E-state index in [9.17, 15) is 5.26 Å². The number of ether oxygens (including phenoxy) is 2. The molecule has 2 N–H and O–H groups in total.